The van der Waals surface area contributed by atoms with E-state index in [-0.39, 0.29) is 31.3 Å². The molecule has 0 spiro atoms. The second kappa shape index (κ2) is 12.3. The van der Waals surface area contributed by atoms with Crippen LogP contribution in [0.25, 0.3) is 10.9 Å². The van der Waals surface area contributed by atoms with Crippen molar-refractivity contribution in [2.75, 3.05) is 20.2 Å². The van der Waals surface area contributed by atoms with E-state index in [9.17, 15) is 23.9 Å². The molecule has 3 aromatic rings. The number of hydrogen-bond donors (Lipinski definition) is 3. The van der Waals surface area contributed by atoms with Crippen LogP contribution in [0.15, 0.2) is 48.5 Å². The van der Waals surface area contributed by atoms with E-state index in [1.54, 1.807) is 25.3 Å². The first kappa shape index (κ1) is 29.2. The lowest BCUT2D eigenvalue weighted by Gasteiger charge is -2.26. The summed E-state index contributed by atoms with van der Waals surface area (Å²) < 4.78 is 25.0. The highest BCUT2D eigenvalue weighted by molar-refractivity contribution is 5.97. The van der Waals surface area contributed by atoms with Gasteiger partial charge in [-0.05, 0) is 69.0 Å². The number of fused-ring (bicyclic) bond motifs is 1. The first-order chi connectivity index (χ1) is 20.1. The predicted molar refractivity (Wildman–Crippen MR) is 153 cm³/mol. The molecule has 0 bridgehead atoms. The molecule has 3 N–H and O–H groups in total. The number of nitrogens with zero attached hydrogens (tertiary/aromatic N) is 2. The molecule has 3 amide bonds. The summed E-state index contributed by atoms with van der Waals surface area (Å²) in [5.74, 6) is -0.154. The molecule has 0 unspecified atom stereocenters. The molecule has 1 aliphatic carbocycles. The SMILES string of the molecule is COc1ccc([C@H](C)NC(=O)[C@@H]2C[C@@H](O)CN2C(=O)CNC(=O)c2ccc3cc(F)ccc3n2)c(O[C@H](C)C2CC2)c1. The molecule has 2 aliphatic rings. The lowest BCUT2D eigenvalue weighted by molar-refractivity contribution is -0.138. The average molecular weight is 579 g/mol. The average Bonchev–Trinajstić information content (AvgIpc) is 3.76. The van der Waals surface area contributed by atoms with Crippen molar-refractivity contribution in [2.24, 2.45) is 5.92 Å². The van der Waals surface area contributed by atoms with Gasteiger partial charge in [-0.1, -0.05) is 6.07 Å². The molecule has 11 heteroatoms. The second-order valence-corrected chi connectivity index (χ2v) is 11.0. The Labute approximate surface area is 243 Å². The second-order valence-electron chi connectivity index (χ2n) is 11.0. The molecule has 1 saturated heterocycles. The number of hydrogen-bond acceptors (Lipinski definition) is 7. The molecule has 222 valence electrons. The van der Waals surface area contributed by atoms with Crippen LogP contribution in [-0.4, -0.2) is 71.2 Å². The molecule has 1 aliphatic heterocycles. The Balaban J connectivity index is 1.22. The normalized spacial score (nSPS) is 19.7. The minimum absolute atomic E-state index is 0.0277. The van der Waals surface area contributed by atoms with E-state index in [0.29, 0.717) is 28.3 Å². The lowest BCUT2D eigenvalue weighted by atomic mass is 10.1. The summed E-state index contributed by atoms with van der Waals surface area (Å²) in [6.07, 6.45) is 1.48. The maximum Gasteiger partial charge on any atom is 0.270 e. The van der Waals surface area contributed by atoms with Gasteiger partial charge in [0.05, 0.1) is 37.4 Å². The fourth-order valence-electron chi connectivity index (χ4n) is 5.26. The summed E-state index contributed by atoms with van der Waals surface area (Å²) in [7, 11) is 1.58. The number of amides is 3. The van der Waals surface area contributed by atoms with Crippen molar-refractivity contribution >= 4 is 28.6 Å². The van der Waals surface area contributed by atoms with Gasteiger partial charge in [-0.2, -0.15) is 0 Å². The summed E-state index contributed by atoms with van der Waals surface area (Å²) in [6.45, 7) is 3.45. The van der Waals surface area contributed by atoms with Crippen LogP contribution in [0.5, 0.6) is 11.5 Å². The van der Waals surface area contributed by atoms with Crippen molar-refractivity contribution in [1.29, 1.82) is 0 Å². The van der Waals surface area contributed by atoms with Gasteiger partial charge in [0.25, 0.3) is 5.91 Å². The van der Waals surface area contributed by atoms with Gasteiger partial charge in [-0.25, -0.2) is 9.37 Å². The molecule has 2 heterocycles. The highest BCUT2D eigenvalue weighted by Crippen LogP contribution is 2.37. The van der Waals surface area contributed by atoms with Crippen LogP contribution >= 0.6 is 0 Å². The summed E-state index contributed by atoms with van der Waals surface area (Å²) >= 11 is 0. The number of rotatable bonds is 10. The van der Waals surface area contributed by atoms with Gasteiger partial charge in [-0.15, -0.1) is 0 Å². The van der Waals surface area contributed by atoms with E-state index in [0.717, 1.165) is 18.4 Å². The largest absolute Gasteiger partial charge is 0.497 e. The number of β-amino-alcohol motifs (C(OH)–C–C–N with tert-alkyl or cyclic N) is 1. The van der Waals surface area contributed by atoms with Crippen molar-refractivity contribution in [2.45, 2.75) is 57.4 Å². The number of carbonyl (C=O) groups excluding carboxylic acids is 3. The number of aromatic nitrogens is 1. The van der Waals surface area contributed by atoms with Crippen LogP contribution in [0.1, 0.15) is 55.2 Å². The first-order valence-electron chi connectivity index (χ1n) is 14.1. The van der Waals surface area contributed by atoms with Gasteiger partial charge in [0, 0.05) is 30.0 Å². The van der Waals surface area contributed by atoms with E-state index >= 15 is 0 Å². The van der Waals surface area contributed by atoms with E-state index in [1.165, 1.54) is 29.2 Å². The standard InChI is InChI=1S/C31H35FN4O6/c1-17(24-9-8-23(41-3)14-28(24)42-18(2)19-4-5-19)34-31(40)27-13-22(37)16-36(27)29(38)15-33-30(39)26-10-6-20-12-21(32)7-11-25(20)35-26/h6-12,14,17-19,22,27,37H,4-5,13,15-16H2,1-3H3,(H,33,39)(H,34,40)/t17-,18+,22+,27-/m0/s1. The Morgan fingerprint density at radius 1 is 1.12 bits per heavy atom. The lowest BCUT2D eigenvalue weighted by Crippen LogP contribution is -2.49. The fourth-order valence-corrected chi connectivity index (χ4v) is 5.26. The molecule has 5 rings (SSSR count). The van der Waals surface area contributed by atoms with Crippen LogP contribution in [0, 0.1) is 11.7 Å². The number of carbonyl (C=O) groups is 3. The number of likely N-dealkylation sites (tertiary alicyclic amines) is 1. The van der Waals surface area contributed by atoms with E-state index in [2.05, 4.69) is 15.6 Å². The Morgan fingerprint density at radius 2 is 1.90 bits per heavy atom. The van der Waals surface area contributed by atoms with Crippen LogP contribution < -0.4 is 20.1 Å². The Hall–Kier alpha value is -4.25. The number of halogens is 1. The van der Waals surface area contributed by atoms with Gasteiger partial charge in [-0.3, -0.25) is 14.4 Å². The number of benzene rings is 2. The molecular formula is C31H35FN4O6. The van der Waals surface area contributed by atoms with Gasteiger partial charge < -0.3 is 30.1 Å². The third-order valence-corrected chi connectivity index (χ3v) is 7.83. The molecule has 42 heavy (non-hydrogen) atoms. The summed E-state index contributed by atoms with van der Waals surface area (Å²) in [5, 5.41) is 16.4. The van der Waals surface area contributed by atoms with Crippen LogP contribution in [-0.2, 0) is 9.59 Å². The van der Waals surface area contributed by atoms with E-state index in [1.807, 2.05) is 19.9 Å². The van der Waals surface area contributed by atoms with Crippen molar-refractivity contribution in [3.05, 3.63) is 65.6 Å². The Bertz CT molecular complexity index is 1500. The van der Waals surface area contributed by atoms with E-state index in [4.69, 9.17) is 9.47 Å². The molecule has 2 fully saturated rings. The van der Waals surface area contributed by atoms with Gasteiger partial charge >= 0.3 is 0 Å². The Morgan fingerprint density at radius 3 is 2.64 bits per heavy atom. The molecule has 0 radical (unpaired) electrons. The number of methoxy groups -OCH3 is 1. The van der Waals surface area contributed by atoms with Crippen molar-refractivity contribution in [3.63, 3.8) is 0 Å². The quantitative estimate of drug-likeness (QED) is 0.337. The maximum absolute atomic E-state index is 13.4. The topological polar surface area (TPSA) is 130 Å². The zero-order valence-electron chi connectivity index (χ0n) is 23.8. The van der Waals surface area contributed by atoms with Gasteiger partial charge in [0.1, 0.15) is 29.1 Å². The zero-order chi connectivity index (χ0) is 30.0. The number of ether oxygens (including phenoxy) is 2. The fraction of sp³-hybridized carbons (Fsp3) is 0.419. The minimum atomic E-state index is -0.909. The molecule has 10 nitrogen and oxygen atoms in total. The van der Waals surface area contributed by atoms with Crippen LogP contribution in [0.3, 0.4) is 0 Å². The summed E-state index contributed by atoms with van der Waals surface area (Å²) in [4.78, 5) is 44.7. The number of nitrogens with one attached hydrogen (secondary N) is 2. The maximum atomic E-state index is 13.4. The molecular weight excluding hydrogens is 543 g/mol. The third kappa shape index (κ3) is 6.62. The number of aliphatic hydroxyl groups is 1. The van der Waals surface area contributed by atoms with Crippen molar-refractivity contribution in [1.82, 2.24) is 20.5 Å². The van der Waals surface area contributed by atoms with Gasteiger partial charge in [0.15, 0.2) is 0 Å². The number of pyridine rings is 1. The third-order valence-electron chi connectivity index (χ3n) is 7.83. The number of aliphatic hydroxyl groups excluding tert-OH is 1. The van der Waals surface area contributed by atoms with E-state index < -0.39 is 41.7 Å². The molecule has 2 aromatic carbocycles. The summed E-state index contributed by atoms with van der Waals surface area (Å²) in [5.41, 5.74) is 1.28. The smallest absolute Gasteiger partial charge is 0.270 e. The Kier molecular flexibility index (Phi) is 8.58. The summed E-state index contributed by atoms with van der Waals surface area (Å²) in [6, 6.07) is 11.1. The minimum Gasteiger partial charge on any atom is -0.497 e. The van der Waals surface area contributed by atoms with Gasteiger partial charge in [0.2, 0.25) is 11.8 Å². The molecule has 1 saturated carbocycles. The van der Waals surface area contributed by atoms with Crippen LogP contribution in [0.2, 0.25) is 0 Å². The van der Waals surface area contributed by atoms with Crippen LogP contribution in [0.4, 0.5) is 4.39 Å². The van der Waals surface area contributed by atoms with Crippen molar-refractivity contribution in [3.8, 4) is 11.5 Å². The zero-order valence-corrected chi connectivity index (χ0v) is 23.8. The highest BCUT2D eigenvalue weighted by atomic mass is 19.1. The first-order valence-corrected chi connectivity index (χ1v) is 14.1. The highest BCUT2D eigenvalue weighted by Gasteiger charge is 2.39. The predicted octanol–water partition coefficient (Wildman–Crippen LogP) is 3.13. The molecule has 1 aromatic heterocycles. The van der Waals surface area contributed by atoms with Crippen molar-refractivity contribution < 1.29 is 33.4 Å². The molecule has 4 atom stereocenters. The monoisotopic (exact) mass is 578 g/mol.